The largest absolute Gasteiger partial charge is 0.466 e. The Morgan fingerprint density at radius 2 is 1.73 bits per heavy atom. The number of benzene rings is 2. The van der Waals surface area contributed by atoms with Crippen molar-refractivity contribution in [2.24, 2.45) is 11.0 Å². The van der Waals surface area contributed by atoms with E-state index < -0.39 is 0 Å². The van der Waals surface area contributed by atoms with Crippen LogP contribution in [-0.4, -0.2) is 67.8 Å². The first-order valence-electron chi connectivity index (χ1n) is 15.2. The smallest absolute Gasteiger partial charge is 0.306 e. The first-order valence-corrected chi connectivity index (χ1v) is 15.2. The van der Waals surface area contributed by atoms with Gasteiger partial charge in [-0.1, -0.05) is 57.2 Å². The molecule has 0 radical (unpaired) electrons. The van der Waals surface area contributed by atoms with E-state index >= 15 is 0 Å². The van der Waals surface area contributed by atoms with Crippen LogP contribution in [0.15, 0.2) is 47.6 Å². The number of hydrazone groups is 1. The summed E-state index contributed by atoms with van der Waals surface area (Å²) in [6, 6.07) is 13.7. The van der Waals surface area contributed by atoms with Gasteiger partial charge in [0.1, 0.15) is 0 Å². The number of carbonyl (C=O) groups is 2. The summed E-state index contributed by atoms with van der Waals surface area (Å²) in [7, 11) is 2.13. The van der Waals surface area contributed by atoms with E-state index in [0.717, 1.165) is 69.5 Å². The van der Waals surface area contributed by atoms with Crippen molar-refractivity contribution in [3.8, 4) is 0 Å². The quantitative estimate of drug-likeness (QED) is 0.192. The Labute approximate surface area is 240 Å². The van der Waals surface area contributed by atoms with Crippen LogP contribution in [0.2, 0.25) is 0 Å². The van der Waals surface area contributed by atoms with E-state index in [4.69, 9.17) is 4.74 Å². The number of nitrogens with one attached hydrogen (secondary N) is 1. The molecule has 1 atom stereocenters. The lowest BCUT2D eigenvalue weighted by atomic mass is 9.81. The summed E-state index contributed by atoms with van der Waals surface area (Å²) in [4.78, 5) is 27.7. The molecule has 1 aliphatic carbocycles. The van der Waals surface area contributed by atoms with E-state index in [1.807, 2.05) is 42.6 Å². The van der Waals surface area contributed by atoms with Gasteiger partial charge in [-0.2, -0.15) is 5.10 Å². The van der Waals surface area contributed by atoms with Gasteiger partial charge >= 0.3 is 5.97 Å². The summed E-state index contributed by atoms with van der Waals surface area (Å²) in [6.45, 7) is 6.67. The zero-order chi connectivity index (χ0) is 28.2. The lowest BCUT2D eigenvalue weighted by Crippen LogP contribution is -2.41. The van der Waals surface area contributed by atoms with Gasteiger partial charge in [-0.15, -0.1) is 0 Å². The van der Waals surface area contributed by atoms with Crippen LogP contribution in [0.5, 0.6) is 0 Å². The molecule has 2 aliphatic rings. The third-order valence-electron chi connectivity index (χ3n) is 8.03. The van der Waals surface area contributed by atoms with Crippen LogP contribution in [0.4, 0.5) is 5.69 Å². The summed E-state index contributed by atoms with van der Waals surface area (Å²) in [6.07, 6.45) is 12.2. The molecule has 4 rings (SSSR count). The first-order chi connectivity index (χ1) is 19.5. The molecule has 0 saturated carbocycles. The van der Waals surface area contributed by atoms with Gasteiger partial charge < -0.3 is 15.0 Å². The van der Waals surface area contributed by atoms with E-state index in [-0.39, 0.29) is 17.8 Å². The van der Waals surface area contributed by atoms with Crippen molar-refractivity contribution in [1.29, 1.82) is 0 Å². The van der Waals surface area contributed by atoms with Crippen molar-refractivity contribution in [2.45, 2.75) is 71.1 Å². The van der Waals surface area contributed by atoms with Crippen molar-refractivity contribution in [1.82, 2.24) is 9.91 Å². The van der Waals surface area contributed by atoms with Crippen molar-refractivity contribution < 1.29 is 14.3 Å². The van der Waals surface area contributed by atoms with Crippen LogP contribution in [0.1, 0.15) is 85.3 Å². The summed E-state index contributed by atoms with van der Waals surface area (Å²) < 4.78 is 5.51. The van der Waals surface area contributed by atoms with Crippen LogP contribution < -0.4 is 5.32 Å². The van der Waals surface area contributed by atoms with Gasteiger partial charge in [0.2, 0.25) is 0 Å². The van der Waals surface area contributed by atoms with Gasteiger partial charge in [-0.3, -0.25) is 14.6 Å². The number of anilines is 1. The minimum Gasteiger partial charge on any atom is -0.466 e. The summed E-state index contributed by atoms with van der Waals surface area (Å²) >= 11 is 0. The third kappa shape index (κ3) is 9.47. The molecule has 1 aliphatic heterocycles. The van der Waals surface area contributed by atoms with Crippen LogP contribution in [0, 0.1) is 5.92 Å². The Morgan fingerprint density at radius 3 is 2.50 bits per heavy atom. The number of unbranched alkanes of at least 4 members (excludes halogenated alkanes) is 5. The van der Waals surface area contributed by atoms with Gasteiger partial charge in [-0.25, -0.2) is 0 Å². The Kier molecular flexibility index (Phi) is 11.6. The lowest BCUT2D eigenvalue weighted by Gasteiger charge is -2.30. The molecule has 1 heterocycles. The van der Waals surface area contributed by atoms with Crippen molar-refractivity contribution in [3.63, 3.8) is 0 Å². The first kappa shape index (κ1) is 29.8. The molecule has 0 spiro atoms. The fourth-order valence-corrected chi connectivity index (χ4v) is 5.43. The number of nitrogens with zero attached hydrogens (tertiary/aromatic N) is 3. The second kappa shape index (κ2) is 15.6. The Balaban J connectivity index is 1.23. The highest BCUT2D eigenvalue weighted by Crippen LogP contribution is 2.29. The predicted molar refractivity (Wildman–Crippen MR) is 162 cm³/mol. The van der Waals surface area contributed by atoms with E-state index in [9.17, 15) is 9.59 Å². The van der Waals surface area contributed by atoms with Gasteiger partial charge in [0, 0.05) is 43.9 Å². The van der Waals surface area contributed by atoms with E-state index in [1.165, 1.54) is 36.8 Å². The molecular formula is C33H46N4O3. The molecule has 2 aromatic rings. The number of hydrogen-bond donors (Lipinski definition) is 1. The topological polar surface area (TPSA) is 74.2 Å². The summed E-state index contributed by atoms with van der Waals surface area (Å²) in [5.41, 5.74) is 4.85. The molecule has 40 heavy (non-hydrogen) atoms. The molecule has 2 aromatic carbocycles. The lowest BCUT2D eigenvalue weighted by molar-refractivity contribution is -0.145. The molecule has 0 aromatic heterocycles. The van der Waals surface area contributed by atoms with Crippen LogP contribution >= 0.6 is 0 Å². The standard InChI is InChI=1S/C33H46N4O3/c1-3-4-5-6-7-8-21-40-32(38)23-27-9-12-28-13-14-29(24-30(28)22-27)33(39)35-31-15-10-26(11-16-31)25-34-37-19-17-36(2)18-20-37/h10-11,13-16,24-25,27H,3-9,12,17-23H2,1-2H3,(H,35,39). The van der Waals surface area contributed by atoms with Gasteiger partial charge in [0.05, 0.1) is 12.8 Å². The van der Waals surface area contributed by atoms with Crippen LogP contribution in [0.25, 0.3) is 0 Å². The second-order valence-corrected chi connectivity index (χ2v) is 11.4. The maximum Gasteiger partial charge on any atom is 0.306 e. The Bertz CT molecular complexity index is 1120. The number of hydrogen-bond acceptors (Lipinski definition) is 6. The molecule has 216 valence electrons. The number of ether oxygens (including phenoxy) is 1. The van der Waals surface area contributed by atoms with Crippen molar-refractivity contribution in [2.75, 3.05) is 45.2 Å². The predicted octanol–water partition coefficient (Wildman–Crippen LogP) is 5.92. The number of amides is 1. The molecule has 1 unspecified atom stereocenters. The number of rotatable bonds is 13. The minimum atomic E-state index is -0.123. The number of aryl methyl sites for hydroxylation is 1. The summed E-state index contributed by atoms with van der Waals surface area (Å²) in [5, 5.41) is 9.70. The highest BCUT2D eigenvalue weighted by atomic mass is 16.5. The maximum absolute atomic E-state index is 13.0. The fourth-order valence-electron chi connectivity index (χ4n) is 5.43. The monoisotopic (exact) mass is 546 g/mol. The molecule has 1 amide bonds. The van der Waals surface area contributed by atoms with Crippen LogP contribution in [-0.2, 0) is 22.4 Å². The van der Waals surface area contributed by atoms with E-state index in [1.54, 1.807) is 0 Å². The van der Waals surface area contributed by atoms with Gasteiger partial charge in [0.25, 0.3) is 5.91 Å². The Morgan fingerprint density at radius 1 is 0.975 bits per heavy atom. The van der Waals surface area contributed by atoms with E-state index in [2.05, 4.69) is 40.4 Å². The van der Waals surface area contributed by atoms with Crippen molar-refractivity contribution in [3.05, 3.63) is 64.7 Å². The van der Waals surface area contributed by atoms with Crippen LogP contribution in [0.3, 0.4) is 0 Å². The zero-order valence-corrected chi connectivity index (χ0v) is 24.4. The molecule has 1 saturated heterocycles. The highest BCUT2D eigenvalue weighted by Gasteiger charge is 2.23. The third-order valence-corrected chi connectivity index (χ3v) is 8.03. The van der Waals surface area contributed by atoms with Gasteiger partial charge in [-0.05, 0) is 79.6 Å². The molecular weight excluding hydrogens is 500 g/mol. The summed E-state index contributed by atoms with van der Waals surface area (Å²) in [5.74, 6) is 0.0537. The average Bonchev–Trinajstić information content (AvgIpc) is 2.96. The number of fused-ring (bicyclic) bond motifs is 1. The molecule has 1 N–H and O–H groups in total. The number of carbonyl (C=O) groups excluding carboxylic acids is 2. The Hall–Kier alpha value is -3.19. The molecule has 1 fully saturated rings. The molecule has 0 bridgehead atoms. The molecule has 7 heteroatoms. The van der Waals surface area contributed by atoms with Crippen molar-refractivity contribution >= 4 is 23.8 Å². The number of likely N-dealkylation sites (N-methyl/N-ethyl adjacent to an activating group) is 1. The molecule has 7 nitrogen and oxygen atoms in total. The van der Waals surface area contributed by atoms with Gasteiger partial charge in [0.15, 0.2) is 0 Å². The highest BCUT2D eigenvalue weighted by molar-refractivity contribution is 6.04. The normalized spacial score (nSPS) is 17.6. The second-order valence-electron chi connectivity index (χ2n) is 11.4. The SMILES string of the molecule is CCCCCCCCOC(=O)CC1CCc2ccc(C(=O)Nc3ccc(C=NN4CCN(C)CC4)cc3)cc2C1. The fraction of sp³-hybridized carbons (Fsp3) is 0.545. The minimum absolute atomic E-state index is 0.0899. The number of piperazine rings is 1. The average molecular weight is 547 g/mol. The zero-order valence-electron chi connectivity index (χ0n) is 24.4. The number of esters is 1. The maximum atomic E-state index is 13.0. The van der Waals surface area contributed by atoms with E-state index in [0.29, 0.717) is 18.6 Å².